The number of benzene rings is 1. The number of hydrogen-bond acceptors (Lipinski definition) is 7. The zero-order chi connectivity index (χ0) is 22.5. The van der Waals surface area contributed by atoms with Gasteiger partial charge in [0.15, 0.2) is 0 Å². The summed E-state index contributed by atoms with van der Waals surface area (Å²) in [6.07, 6.45) is 7.55. The van der Waals surface area contributed by atoms with Crippen molar-refractivity contribution >= 4 is 11.9 Å². The number of carbonyl (C=O) groups is 1. The molecule has 1 spiro atoms. The number of carbonyl (C=O) groups excluding carboxylic acids is 1. The fraction of sp³-hybridized carbons (Fsp3) is 0.500. The molecule has 168 valence electrons. The summed E-state index contributed by atoms with van der Waals surface area (Å²) in [6, 6.07) is 6.36. The second kappa shape index (κ2) is 7.46. The van der Waals surface area contributed by atoms with Crippen molar-refractivity contribution in [3.63, 3.8) is 0 Å². The number of nitrogens with one attached hydrogen (secondary N) is 1. The number of nitrogens with two attached hydrogens (primary N) is 1. The van der Waals surface area contributed by atoms with E-state index in [9.17, 15) is 4.79 Å². The Bertz CT molecular complexity index is 1070. The van der Waals surface area contributed by atoms with Gasteiger partial charge in [-0.1, -0.05) is 26.8 Å². The fourth-order valence-electron chi connectivity index (χ4n) is 5.05. The molecule has 0 bridgehead atoms. The Balaban J connectivity index is 1.52. The largest absolute Gasteiger partial charge is 0.490 e. The molecular formula is C24H29N5O3. The van der Waals surface area contributed by atoms with E-state index < -0.39 is 11.0 Å². The van der Waals surface area contributed by atoms with E-state index >= 15 is 0 Å². The number of ether oxygens (including phenoxy) is 2. The molecule has 8 heteroatoms. The zero-order valence-electron chi connectivity index (χ0n) is 18.7. The lowest BCUT2D eigenvalue weighted by molar-refractivity contribution is -0.130. The topological polar surface area (TPSA) is 112 Å². The van der Waals surface area contributed by atoms with Gasteiger partial charge in [0, 0.05) is 40.9 Å². The van der Waals surface area contributed by atoms with Gasteiger partial charge in [0.05, 0.1) is 0 Å². The van der Waals surface area contributed by atoms with E-state index in [-0.39, 0.29) is 30.0 Å². The Labute approximate surface area is 187 Å². The van der Waals surface area contributed by atoms with Crippen molar-refractivity contribution in [3.05, 3.63) is 42.5 Å². The van der Waals surface area contributed by atoms with Crippen LogP contribution in [0.15, 0.2) is 41.9 Å². The van der Waals surface area contributed by atoms with Gasteiger partial charge in [-0.3, -0.25) is 4.79 Å². The molecule has 4 atom stereocenters. The van der Waals surface area contributed by atoms with Gasteiger partial charge >= 0.3 is 0 Å². The number of hydrogen-bond donors (Lipinski definition) is 2. The number of aromatic nitrogens is 2. The van der Waals surface area contributed by atoms with E-state index in [1.807, 2.05) is 32.9 Å². The summed E-state index contributed by atoms with van der Waals surface area (Å²) in [5.41, 5.74) is 7.83. The average Bonchev–Trinajstić information content (AvgIpc) is 3.16. The minimum Gasteiger partial charge on any atom is -0.490 e. The van der Waals surface area contributed by atoms with Gasteiger partial charge in [0.2, 0.25) is 5.91 Å². The Morgan fingerprint density at radius 1 is 1.19 bits per heavy atom. The maximum absolute atomic E-state index is 12.6. The first kappa shape index (κ1) is 20.7. The van der Waals surface area contributed by atoms with Gasteiger partial charge in [-0.2, -0.15) is 0 Å². The van der Waals surface area contributed by atoms with Crippen molar-refractivity contribution in [2.24, 2.45) is 22.1 Å². The first-order chi connectivity index (χ1) is 15.3. The summed E-state index contributed by atoms with van der Waals surface area (Å²) >= 11 is 0. The second-order valence-corrected chi connectivity index (χ2v) is 10.00. The Morgan fingerprint density at radius 3 is 2.66 bits per heavy atom. The molecule has 1 amide bonds. The number of aliphatic imine (C=N–C) groups is 1. The molecule has 4 unspecified atom stereocenters. The first-order valence-electron chi connectivity index (χ1n) is 11.1. The molecule has 3 N–H and O–H groups in total. The van der Waals surface area contributed by atoms with Crippen LogP contribution < -0.4 is 15.8 Å². The van der Waals surface area contributed by atoms with Crippen molar-refractivity contribution in [1.82, 2.24) is 15.3 Å². The third-order valence-electron chi connectivity index (χ3n) is 6.78. The number of nitrogens with zero attached hydrogens (tertiary/aromatic N) is 3. The van der Waals surface area contributed by atoms with E-state index in [1.54, 1.807) is 12.4 Å². The van der Waals surface area contributed by atoms with E-state index in [0.29, 0.717) is 6.61 Å². The number of amides is 1. The molecule has 8 nitrogen and oxygen atoms in total. The monoisotopic (exact) mass is 435 g/mol. The molecule has 1 saturated carbocycles. The third kappa shape index (κ3) is 3.47. The van der Waals surface area contributed by atoms with Gasteiger partial charge < -0.3 is 20.5 Å². The highest BCUT2D eigenvalue weighted by atomic mass is 16.5. The van der Waals surface area contributed by atoms with E-state index in [1.165, 1.54) is 6.33 Å². The van der Waals surface area contributed by atoms with Gasteiger partial charge in [0.1, 0.15) is 30.3 Å². The second-order valence-electron chi connectivity index (χ2n) is 10.00. The van der Waals surface area contributed by atoms with E-state index in [2.05, 4.69) is 21.4 Å². The maximum Gasteiger partial charge on any atom is 0.283 e. The van der Waals surface area contributed by atoms with Crippen LogP contribution in [-0.2, 0) is 15.1 Å². The van der Waals surface area contributed by atoms with Gasteiger partial charge in [-0.15, -0.1) is 0 Å². The molecule has 1 aromatic carbocycles. The third-order valence-corrected chi connectivity index (χ3v) is 6.78. The summed E-state index contributed by atoms with van der Waals surface area (Å²) in [4.78, 5) is 25.8. The maximum atomic E-state index is 12.6. The molecule has 3 heterocycles. The van der Waals surface area contributed by atoms with Gasteiger partial charge in [-0.05, 0) is 37.0 Å². The van der Waals surface area contributed by atoms with Crippen LogP contribution in [0.1, 0.15) is 45.6 Å². The number of rotatable bonds is 2. The van der Waals surface area contributed by atoms with Crippen molar-refractivity contribution in [1.29, 1.82) is 0 Å². The summed E-state index contributed by atoms with van der Waals surface area (Å²) < 4.78 is 12.2. The fourth-order valence-corrected chi connectivity index (χ4v) is 5.05. The van der Waals surface area contributed by atoms with E-state index in [0.717, 1.165) is 41.7 Å². The molecular weight excluding hydrogens is 406 g/mol. The highest BCUT2D eigenvalue weighted by Gasteiger charge is 2.55. The van der Waals surface area contributed by atoms with Crippen molar-refractivity contribution < 1.29 is 14.3 Å². The Morgan fingerprint density at radius 2 is 1.97 bits per heavy atom. The molecule has 1 aromatic heterocycles. The lowest BCUT2D eigenvalue weighted by Gasteiger charge is -2.48. The SMILES string of the molecule is CC(C)(C)C(=O)NC1CCC2Oc3ccc(-c4cncnc4)cc3C3(COC(N)=N3)C2C1. The predicted octanol–water partition coefficient (Wildman–Crippen LogP) is 2.78. The lowest BCUT2D eigenvalue weighted by atomic mass is 9.67. The molecule has 1 fully saturated rings. The van der Waals surface area contributed by atoms with Crippen LogP contribution in [0.25, 0.3) is 11.1 Å². The molecule has 32 heavy (non-hydrogen) atoms. The highest BCUT2D eigenvalue weighted by Crippen LogP contribution is 2.53. The predicted molar refractivity (Wildman–Crippen MR) is 120 cm³/mol. The van der Waals surface area contributed by atoms with Crippen LogP contribution >= 0.6 is 0 Å². The molecule has 0 saturated heterocycles. The Kier molecular flexibility index (Phi) is 4.83. The average molecular weight is 436 g/mol. The molecule has 3 aliphatic rings. The smallest absolute Gasteiger partial charge is 0.283 e. The van der Waals surface area contributed by atoms with Crippen LogP contribution in [0.3, 0.4) is 0 Å². The van der Waals surface area contributed by atoms with Crippen molar-refractivity contribution in [3.8, 4) is 16.9 Å². The summed E-state index contributed by atoms with van der Waals surface area (Å²) in [5.74, 6) is 0.910. The zero-order valence-corrected chi connectivity index (χ0v) is 18.7. The summed E-state index contributed by atoms with van der Waals surface area (Å²) in [5, 5.41) is 3.24. The summed E-state index contributed by atoms with van der Waals surface area (Å²) in [6.45, 7) is 6.16. The van der Waals surface area contributed by atoms with Crippen LogP contribution in [0.4, 0.5) is 0 Å². The quantitative estimate of drug-likeness (QED) is 0.750. The van der Waals surface area contributed by atoms with Gasteiger partial charge in [0.25, 0.3) is 6.02 Å². The van der Waals surface area contributed by atoms with E-state index in [4.69, 9.17) is 20.2 Å². The minimum absolute atomic E-state index is 0.00514. The molecule has 2 aliphatic heterocycles. The molecule has 0 radical (unpaired) electrons. The number of amidine groups is 1. The van der Waals surface area contributed by atoms with Crippen LogP contribution in [-0.4, -0.2) is 40.6 Å². The Hall–Kier alpha value is -3.16. The van der Waals surface area contributed by atoms with Crippen LogP contribution in [0.5, 0.6) is 5.75 Å². The molecule has 2 aromatic rings. The molecule has 1 aliphatic carbocycles. The first-order valence-corrected chi connectivity index (χ1v) is 11.1. The standard InChI is InChI=1S/C24H29N5O3/c1-23(2,3)21(30)28-16-5-7-20-18(9-16)24(12-31-22(25)29-24)17-8-14(4-6-19(17)32-20)15-10-26-13-27-11-15/h4,6,8,10-11,13,16,18,20H,5,7,9,12H2,1-3H3,(H2,25,29)(H,28,30). The normalized spacial score (nSPS) is 28.7. The number of fused-ring (bicyclic) bond motifs is 4. The van der Waals surface area contributed by atoms with Crippen molar-refractivity contribution in [2.75, 3.05) is 6.61 Å². The summed E-state index contributed by atoms with van der Waals surface area (Å²) in [7, 11) is 0. The lowest BCUT2D eigenvalue weighted by Crippen LogP contribution is -2.55. The van der Waals surface area contributed by atoms with Crippen LogP contribution in [0.2, 0.25) is 0 Å². The minimum atomic E-state index is -0.640. The van der Waals surface area contributed by atoms with Gasteiger partial charge in [-0.25, -0.2) is 15.0 Å². The molecule has 5 rings (SSSR count). The highest BCUT2D eigenvalue weighted by molar-refractivity contribution is 5.81. The van der Waals surface area contributed by atoms with Crippen molar-refractivity contribution in [2.45, 2.75) is 57.7 Å². The van der Waals surface area contributed by atoms with Crippen LogP contribution in [0, 0.1) is 11.3 Å².